The van der Waals surface area contributed by atoms with Crippen molar-refractivity contribution in [3.63, 3.8) is 0 Å². The number of aliphatic carboxylic acids is 1. The van der Waals surface area contributed by atoms with Crippen LogP contribution in [0.3, 0.4) is 0 Å². The van der Waals surface area contributed by atoms with Gasteiger partial charge in [-0.1, -0.05) is 6.42 Å². The maximum absolute atomic E-state index is 13.2. The Labute approximate surface area is 117 Å². The molecule has 20 heavy (non-hydrogen) atoms. The van der Waals surface area contributed by atoms with Crippen molar-refractivity contribution in [3.05, 3.63) is 24.0 Å². The highest BCUT2D eigenvalue weighted by Gasteiger charge is 2.27. The Balaban J connectivity index is 2.07. The predicted octanol–water partition coefficient (Wildman–Crippen LogP) is 3.28. The van der Waals surface area contributed by atoms with Gasteiger partial charge in [-0.05, 0) is 38.3 Å². The number of carboxylic acids is 1. The molecular weight excluding hydrogens is 261 g/mol. The van der Waals surface area contributed by atoms with Crippen LogP contribution in [0.1, 0.15) is 32.6 Å². The third-order valence-corrected chi connectivity index (χ3v) is 3.63. The number of halogens is 1. The minimum absolute atomic E-state index is 0.0921. The Morgan fingerprint density at radius 1 is 1.50 bits per heavy atom. The number of carbonyl (C=O) groups is 1. The van der Waals surface area contributed by atoms with E-state index in [2.05, 4.69) is 5.32 Å². The summed E-state index contributed by atoms with van der Waals surface area (Å²) in [6, 6.07) is 4.46. The van der Waals surface area contributed by atoms with E-state index in [9.17, 15) is 9.18 Å². The SMILES string of the molecule is CCOc1cc(F)ccc1NC1CCCC(C(=O)O)C1. The van der Waals surface area contributed by atoms with Crippen LogP contribution in [-0.4, -0.2) is 23.7 Å². The standard InChI is InChI=1S/C15H20FNO3/c1-2-20-14-9-11(16)6-7-13(14)17-12-5-3-4-10(8-12)15(18)19/h6-7,9-10,12,17H,2-5,8H2,1H3,(H,18,19). The molecule has 1 saturated carbocycles. The molecular formula is C15H20FNO3. The summed E-state index contributed by atoms with van der Waals surface area (Å²) in [6.07, 6.45) is 3.14. The first kappa shape index (κ1) is 14.6. The van der Waals surface area contributed by atoms with Crippen molar-refractivity contribution >= 4 is 11.7 Å². The summed E-state index contributed by atoms with van der Waals surface area (Å²) in [5.74, 6) is -0.895. The zero-order valence-electron chi connectivity index (χ0n) is 11.6. The quantitative estimate of drug-likeness (QED) is 0.869. The fourth-order valence-corrected chi connectivity index (χ4v) is 2.66. The van der Waals surface area contributed by atoms with E-state index in [1.165, 1.54) is 12.1 Å². The lowest BCUT2D eigenvalue weighted by Gasteiger charge is -2.28. The van der Waals surface area contributed by atoms with Crippen LogP contribution in [0.2, 0.25) is 0 Å². The van der Waals surface area contributed by atoms with Gasteiger partial charge in [-0.3, -0.25) is 4.79 Å². The van der Waals surface area contributed by atoms with E-state index >= 15 is 0 Å². The van der Waals surface area contributed by atoms with Crippen LogP contribution in [0, 0.1) is 11.7 Å². The number of nitrogens with one attached hydrogen (secondary N) is 1. The molecule has 1 aliphatic carbocycles. The highest BCUT2D eigenvalue weighted by molar-refractivity contribution is 5.70. The third-order valence-electron chi connectivity index (χ3n) is 3.63. The molecule has 2 rings (SSSR count). The molecule has 1 aromatic rings. The second kappa shape index (κ2) is 6.59. The summed E-state index contributed by atoms with van der Waals surface area (Å²) < 4.78 is 18.6. The van der Waals surface area contributed by atoms with Gasteiger partial charge in [-0.25, -0.2) is 4.39 Å². The largest absolute Gasteiger partial charge is 0.492 e. The first-order valence-corrected chi connectivity index (χ1v) is 7.01. The van der Waals surface area contributed by atoms with Gasteiger partial charge in [0.1, 0.15) is 11.6 Å². The number of carboxylic acid groups (broad SMARTS) is 1. The van der Waals surface area contributed by atoms with E-state index in [0.29, 0.717) is 18.8 Å². The van der Waals surface area contributed by atoms with Crippen molar-refractivity contribution in [2.75, 3.05) is 11.9 Å². The Kier molecular flexibility index (Phi) is 4.82. The van der Waals surface area contributed by atoms with Crippen molar-refractivity contribution in [2.45, 2.75) is 38.6 Å². The number of anilines is 1. The minimum atomic E-state index is -0.736. The van der Waals surface area contributed by atoms with Gasteiger partial charge in [-0.2, -0.15) is 0 Å². The molecule has 0 aliphatic heterocycles. The molecule has 1 fully saturated rings. The topological polar surface area (TPSA) is 58.6 Å². The normalized spacial score (nSPS) is 22.3. The zero-order chi connectivity index (χ0) is 14.5. The summed E-state index contributed by atoms with van der Waals surface area (Å²) in [7, 11) is 0. The first-order valence-electron chi connectivity index (χ1n) is 7.01. The first-order chi connectivity index (χ1) is 9.60. The lowest BCUT2D eigenvalue weighted by atomic mass is 9.85. The summed E-state index contributed by atoms with van der Waals surface area (Å²) in [5, 5.41) is 12.4. The van der Waals surface area contributed by atoms with Crippen molar-refractivity contribution < 1.29 is 19.0 Å². The highest BCUT2D eigenvalue weighted by atomic mass is 19.1. The molecule has 110 valence electrons. The van der Waals surface area contributed by atoms with Crippen LogP contribution >= 0.6 is 0 Å². The fourth-order valence-electron chi connectivity index (χ4n) is 2.66. The van der Waals surface area contributed by atoms with E-state index in [0.717, 1.165) is 24.9 Å². The van der Waals surface area contributed by atoms with Gasteiger partial charge in [0.15, 0.2) is 0 Å². The van der Waals surface area contributed by atoms with Crippen LogP contribution in [-0.2, 0) is 4.79 Å². The fraction of sp³-hybridized carbons (Fsp3) is 0.533. The Hall–Kier alpha value is -1.78. The molecule has 1 aromatic carbocycles. The molecule has 0 saturated heterocycles. The molecule has 4 nitrogen and oxygen atoms in total. The lowest BCUT2D eigenvalue weighted by molar-refractivity contribution is -0.142. The summed E-state index contributed by atoms with van der Waals surface area (Å²) in [6.45, 7) is 2.30. The van der Waals surface area contributed by atoms with E-state index in [1.54, 1.807) is 6.07 Å². The molecule has 0 amide bonds. The van der Waals surface area contributed by atoms with Gasteiger partial charge in [0.05, 0.1) is 18.2 Å². The molecule has 2 atom stereocenters. The Bertz CT molecular complexity index is 478. The predicted molar refractivity (Wildman–Crippen MR) is 74.6 cm³/mol. The molecule has 0 spiro atoms. The van der Waals surface area contributed by atoms with Crippen LogP contribution in [0.15, 0.2) is 18.2 Å². The summed E-state index contributed by atoms with van der Waals surface area (Å²) in [5.41, 5.74) is 0.726. The van der Waals surface area contributed by atoms with Crippen molar-refractivity contribution in [2.24, 2.45) is 5.92 Å². The van der Waals surface area contributed by atoms with E-state index in [-0.39, 0.29) is 17.8 Å². The number of ether oxygens (including phenoxy) is 1. The van der Waals surface area contributed by atoms with E-state index in [4.69, 9.17) is 9.84 Å². The van der Waals surface area contributed by atoms with Gasteiger partial charge in [0, 0.05) is 12.1 Å². The second-order valence-electron chi connectivity index (χ2n) is 5.12. The van der Waals surface area contributed by atoms with Crippen LogP contribution in [0.4, 0.5) is 10.1 Å². The van der Waals surface area contributed by atoms with Crippen LogP contribution < -0.4 is 10.1 Å². The highest BCUT2D eigenvalue weighted by Crippen LogP contribution is 2.31. The van der Waals surface area contributed by atoms with E-state index < -0.39 is 5.97 Å². The summed E-state index contributed by atoms with van der Waals surface area (Å²) in [4.78, 5) is 11.1. The molecule has 1 aliphatic rings. The summed E-state index contributed by atoms with van der Waals surface area (Å²) >= 11 is 0. The molecule has 0 bridgehead atoms. The average Bonchev–Trinajstić information content (AvgIpc) is 2.42. The Morgan fingerprint density at radius 2 is 2.30 bits per heavy atom. The van der Waals surface area contributed by atoms with Gasteiger partial charge in [0.2, 0.25) is 0 Å². The molecule has 5 heteroatoms. The van der Waals surface area contributed by atoms with Crippen LogP contribution in [0.5, 0.6) is 5.75 Å². The average molecular weight is 281 g/mol. The number of hydrogen-bond acceptors (Lipinski definition) is 3. The lowest BCUT2D eigenvalue weighted by Crippen LogP contribution is -2.31. The van der Waals surface area contributed by atoms with Crippen molar-refractivity contribution in [1.29, 1.82) is 0 Å². The third kappa shape index (κ3) is 3.62. The Morgan fingerprint density at radius 3 is 3.00 bits per heavy atom. The van der Waals surface area contributed by atoms with Crippen LogP contribution in [0.25, 0.3) is 0 Å². The number of hydrogen-bond donors (Lipinski definition) is 2. The minimum Gasteiger partial charge on any atom is -0.492 e. The molecule has 0 radical (unpaired) electrons. The number of rotatable bonds is 5. The van der Waals surface area contributed by atoms with Crippen molar-refractivity contribution in [1.82, 2.24) is 0 Å². The smallest absolute Gasteiger partial charge is 0.306 e. The molecule has 0 heterocycles. The molecule has 0 aromatic heterocycles. The van der Waals surface area contributed by atoms with Crippen molar-refractivity contribution in [3.8, 4) is 5.75 Å². The monoisotopic (exact) mass is 281 g/mol. The molecule has 2 N–H and O–H groups in total. The van der Waals surface area contributed by atoms with Gasteiger partial charge < -0.3 is 15.2 Å². The maximum Gasteiger partial charge on any atom is 0.306 e. The molecule has 2 unspecified atom stereocenters. The second-order valence-corrected chi connectivity index (χ2v) is 5.12. The zero-order valence-corrected chi connectivity index (χ0v) is 11.6. The maximum atomic E-state index is 13.2. The van der Waals surface area contributed by atoms with Gasteiger partial charge >= 0.3 is 5.97 Å². The van der Waals surface area contributed by atoms with E-state index in [1.807, 2.05) is 6.92 Å². The number of benzene rings is 1. The van der Waals surface area contributed by atoms with Gasteiger partial charge in [-0.15, -0.1) is 0 Å². The van der Waals surface area contributed by atoms with Gasteiger partial charge in [0.25, 0.3) is 0 Å².